The molecule has 0 aliphatic heterocycles. The summed E-state index contributed by atoms with van der Waals surface area (Å²) in [6.07, 6.45) is 1.28. The lowest BCUT2D eigenvalue weighted by Gasteiger charge is -2.21. The number of benzene rings is 4. The molecule has 6 aromatic rings. The normalized spacial score (nSPS) is 11.4. The van der Waals surface area contributed by atoms with E-state index in [4.69, 9.17) is 9.97 Å². The van der Waals surface area contributed by atoms with Gasteiger partial charge in [-0.2, -0.15) is 0 Å². The fraction of sp³-hybridized carbons (Fsp3) is 0.282. The van der Waals surface area contributed by atoms with Crippen LogP contribution in [-0.2, 0) is 22.6 Å². The molecule has 3 N–H and O–H groups in total. The van der Waals surface area contributed by atoms with Crippen molar-refractivity contribution in [1.82, 2.24) is 35.1 Å². The van der Waals surface area contributed by atoms with Gasteiger partial charge in [-0.25, -0.2) is 14.8 Å². The zero-order valence-electron chi connectivity index (χ0n) is 28.5. The minimum Gasteiger partial charge on any atom is -0.453 e. The molecule has 49 heavy (non-hydrogen) atoms. The first-order valence-corrected chi connectivity index (χ1v) is 16.8. The lowest BCUT2D eigenvalue weighted by Crippen LogP contribution is -2.40. The molecule has 0 aliphatic rings. The topological polar surface area (TPSA) is 119 Å². The van der Waals surface area contributed by atoms with Crippen LogP contribution in [0.1, 0.15) is 38.3 Å². The molecule has 0 atom stereocenters. The average molecular weight is 658 g/mol. The minimum atomic E-state index is -0.633. The molecule has 2 aromatic heterocycles. The van der Waals surface area contributed by atoms with E-state index in [0.717, 1.165) is 87.2 Å². The van der Waals surface area contributed by atoms with Crippen molar-refractivity contribution in [2.45, 2.75) is 39.8 Å². The Morgan fingerprint density at radius 3 is 1.59 bits per heavy atom. The average Bonchev–Trinajstić information content (AvgIpc) is 3.72. The third-order valence-corrected chi connectivity index (χ3v) is 8.61. The molecule has 10 nitrogen and oxygen atoms in total. The number of fused-ring (bicyclic) bond motifs is 2. The third kappa shape index (κ3) is 7.98. The van der Waals surface area contributed by atoms with Crippen LogP contribution in [0.4, 0.5) is 4.79 Å². The van der Waals surface area contributed by atoms with Crippen LogP contribution in [0.15, 0.2) is 84.9 Å². The Hall–Kier alpha value is -5.48. The Kier molecular flexibility index (Phi) is 10.3. The quantitative estimate of drug-likeness (QED) is 0.119. The van der Waals surface area contributed by atoms with Crippen LogP contribution in [0.5, 0.6) is 0 Å². The van der Waals surface area contributed by atoms with Gasteiger partial charge in [-0.05, 0) is 84.1 Å². The highest BCUT2D eigenvalue weighted by atomic mass is 16.5. The summed E-state index contributed by atoms with van der Waals surface area (Å²) in [6.45, 7) is 6.80. The number of aromatic amines is 2. The van der Waals surface area contributed by atoms with Crippen molar-refractivity contribution in [3.05, 3.63) is 96.6 Å². The minimum absolute atomic E-state index is 0.127. The fourth-order valence-electron chi connectivity index (χ4n) is 6.13. The summed E-state index contributed by atoms with van der Waals surface area (Å²) in [5.74, 6) is 1.49. The lowest BCUT2D eigenvalue weighted by molar-refractivity contribution is -0.130. The highest BCUT2D eigenvalue weighted by Crippen LogP contribution is 2.30. The highest BCUT2D eigenvalue weighted by Gasteiger charge is 2.17. The molecule has 0 saturated carbocycles. The van der Waals surface area contributed by atoms with E-state index in [-0.39, 0.29) is 12.5 Å². The molecular formula is C39H43N7O3. The second-order valence-electron chi connectivity index (χ2n) is 12.4. The summed E-state index contributed by atoms with van der Waals surface area (Å²) < 4.78 is 4.58. The standard InChI is InChI=1S/C39H43N7O3/c1-5-19-45(3)24-36-41-32-17-15-30(21-34(32)43-36)28-11-7-26(8-12-28)27-9-13-29(14-10-27)31-16-18-33-35(22-31)44-37(42-33)25-46(20-6-2)38(47)23-40-39(48)49-4/h7-18,21-22H,5-6,19-20,23-25H2,1-4H3,(H,40,48)(H,41,43)(H,42,44). The van der Waals surface area contributed by atoms with E-state index in [1.54, 1.807) is 4.90 Å². The number of amides is 2. The number of nitrogens with zero attached hydrogens (tertiary/aromatic N) is 4. The number of hydrogen-bond donors (Lipinski definition) is 3. The monoisotopic (exact) mass is 657 g/mol. The maximum atomic E-state index is 12.7. The molecule has 252 valence electrons. The SMILES string of the molecule is CCCN(C)Cc1nc2ccc(-c3ccc(-c4ccc(-c5ccc6nc(CN(CCC)C(=O)CNC(=O)OC)[nH]c6c5)cc4)cc3)cc2[nH]1. The molecule has 0 unspecified atom stereocenters. The van der Waals surface area contributed by atoms with Crippen LogP contribution < -0.4 is 5.32 Å². The van der Waals surface area contributed by atoms with E-state index in [9.17, 15) is 9.59 Å². The summed E-state index contributed by atoms with van der Waals surface area (Å²) in [5.41, 5.74) is 10.6. The summed E-state index contributed by atoms with van der Waals surface area (Å²) >= 11 is 0. The number of nitrogens with one attached hydrogen (secondary N) is 3. The number of H-pyrrole nitrogens is 2. The van der Waals surface area contributed by atoms with E-state index in [0.29, 0.717) is 18.9 Å². The van der Waals surface area contributed by atoms with Gasteiger partial charge < -0.3 is 24.9 Å². The van der Waals surface area contributed by atoms with Gasteiger partial charge in [0.1, 0.15) is 18.2 Å². The summed E-state index contributed by atoms with van der Waals surface area (Å²) in [7, 11) is 3.39. The molecule has 2 amide bonds. The van der Waals surface area contributed by atoms with Gasteiger partial charge in [0, 0.05) is 6.54 Å². The first kappa shape index (κ1) is 33.4. The number of ether oxygens (including phenoxy) is 1. The zero-order chi connectivity index (χ0) is 34.3. The van der Waals surface area contributed by atoms with Gasteiger partial charge >= 0.3 is 6.09 Å². The predicted molar refractivity (Wildman–Crippen MR) is 195 cm³/mol. The third-order valence-electron chi connectivity index (χ3n) is 8.61. The van der Waals surface area contributed by atoms with E-state index >= 15 is 0 Å². The molecule has 6 rings (SSSR count). The van der Waals surface area contributed by atoms with Crippen LogP contribution >= 0.6 is 0 Å². The number of imidazole rings is 2. The zero-order valence-corrected chi connectivity index (χ0v) is 28.5. The second kappa shape index (κ2) is 15.2. The van der Waals surface area contributed by atoms with Crippen LogP contribution in [-0.4, -0.2) is 75.5 Å². The van der Waals surface area contributed by atoms with E-state index in [1.165, 1.54) is 7.11 Å². The lowest BCUT2D eigenvalue weighted by atomic mass is 9.98. The molecular weight excluding hydrogens is 614 g/mol. The molecule has 0 saturated heterocycles. The van der Waals surface area contributed by atoms with Gasteiger partial charge in [0.15, 0.2) is 0 Å². The first-order chi connectivity index (χ1) is 23.8. The molecule has 2 heterocycles. The molecule has 0 fully saturated rings. The van der Waals surface area contributed by atoms with Crippen molar-refractivity contribution in [2.75, 3.05) is 33.8 Å². The number of rotatable bonds is 13. The second-order valence-corrected chi connectivity index (χ2v) is 12.4. The van der Waals surface area contributed by atoms with Crippen molar-refractivity contribution in [2.24, 2.45) is 0 Å². The number of carbonyl (C=O) groups excluding carboxylic acids is 2. The molecule has 0 bridgehead atoms. The maximum absolute atomic E-state index is 12.7. The Balaban J connectivity index is 1.12. The van der Waals surface area contributed by atoms with Gasteiger partial charge in [-0.3, -0.25) is 9.69 Å². The summed E-state index contributed by atoms with van der Waals surface area (Å²) in [5, 5.41) is 2.46. The molecule has 10 heteroatoms. The number of aromatic nitrogens is 4. The Morgan fingerprint density at radius 2 is 1.12 bits per heavy atom. The fourth-order valence-corrected chi connectivity index (χ4v) is 6.13. The van der Waals surface area contributed by atoms with Gasteiger partial charge in [0.05, 0.1) is 42.3 Å². The van der Waals surface area contributed by atoms with Crippen LogP contribution in [0, 0.1) is 0 Å². The van der Waals surface area contributed by atoms with Gasteiger partial charge in [-0.1, -0.05) is 74.5 Å². The summed E-state index contributed by atoms with van der Waals surface area (Å²) in [6, 6.07) is 29.8. The van der Waals surface area contributed by atoms with E-state index < -0.39 is 6.09 Å². The van der Waals surface area contributed by atoms with Gasteiger partial charge in [0.25, 0.3) is 0 Å². The number of hydrogen-bond acceptors (Lipinski definition) is 6. The summed E-state index contributed by atoms with van der Waals surface area (Å²) in [4.78, 5) is 44.5. The Morgan fingerprint density at radius 1 is 0.673 bits per heavy atom. The van der Waals surface area contributed by atoms with Crippen molar-refractivity contribution >= 4 is 34.1 Å². The van der Waals surface area contributed by atoms with Crippen molar-refractivity contribution < 1.29 is 14.3 Å². The number of carbonyl (C=O) groups is 2. The van der Waals surface area contributed by atoms with Gasteiger partial charge in [0.2, 0.25) is 5.91 Å². The van der Waals surface area contributed by atoms with Crippen LogP contribution in [0.25, 0.3) is 55.4 Å². The van der Waals surface area contributed by atoms with E-state index in [2.05, 4.69) is 118 Å². The van der Waals surface area contributed by atoms with Gasteiger partial charge in [-0.15, -0.1) is 0 Å². The largest absolute Gasteiger partial charge is 0.453 e. The number of alkyl carbamates (subject to hydrolysis) is 1. The molecule has 0 radical (unpaired) electrons. The van der Waals surface area contributed by atoms with E-state index in [1.807, 2.05) is 13.0 Å². The Labute approximate surface area is 286 Å². The maximum Gasteiger partial charge on any atom is 0.407 e. The predicted octanol–water partition coefficient (Wildman–Crippen LogP) is 7.38. The van der Waals surface area contributed by atoms with Crippen molar-refractivity contribution in [3.63, 3.8) is 0 Å². The molecule has 4 aromatic carbocycles. The molecule has 0 aliphatic carbocycles. The smallest absolute Gasteiger partial charge is 0.407 e. The Bertz CT molecular complexity index is 2050. The number of methoxy groups -OCH3 is 1. The highest BCUT2D eigenvalue weighted by molar-refractivity contribution is 5.85. The molecule has 0 spiro atoms. The van der Waals surface area contributed by atoms with Crippen LogP contribution in [0.2, 0.25) is 0 Å². The van der Waals surface area contributed by atoms with Crippen molar-refractivity contribution in [1.29, 1.82) is 0 Å². The van der Waals surface area contributed by atoms with Crippen LogP contribution in [0.3, 0.4) is 0 Å². The van der Waals surface area contributed by atoms with Crippen molar-refractivity contribution in [3.8, 4) is 33.4 Å². The first-order valence-electron chi connectivity index (χ1n) is 16.8.